The average Bonchev–Trinajstić information content (AvgIpc) is 2.37. The lowest BCUT2D eigenvalue weighted by atomic mass is 10.1. The van der Waals surface area contributed by atoms with Gasteiger partial charge in [0.15, 0.2) is 0 Å². The van der Waals surface area contributed by atoms with Gasteiger partial charge in [-0.25, -0.2) is 4.79 Å². The number of nitrogens with one attached hydrogen (secondary N) is 1. The number of rotatable bonds is 2. The Labute approximate surface area is 102 Å². The van der Waals surface area contributed by atoms with Crippen LogP contribution >= 0.6 is 0 Å². The highest BCUT2D eigenvalue weighted by atomic mass is 16.2. The summed E-state index contributed by atoms with van der Waals surface area (Å²) in [5.41, 5.74) is 2.40. The molecule has 2 rings (SSSR count). The van der Waals surface area contributed by atoms with E-state index >= 15 is 0 Å². The molecule has 1 N–H and O–H groups in total. The largest absolute Gasteiger partial charge is 0.334 e. The Bertz CT molecular complexity index is 411. The molecule has 0 aromatic heterocycles. The van der Waals surface area contributed by atoms with Gasteiger partial charge in [-0.2, -0.15) is 0 Å². The molecule has 3 heteroatoms. The first-order valence-corrected chi connectivity index (χ1v) is 5.98. The van der Waals surface area contributed by atoms with Crippen LogP contribution in [0.25, 0.3) is 0 Å². The number of carbonyl (C=O) groups excluding carboxylic acids is 1. The second kappa shape index (κ2) is 5.53. The van der Waals surface area contributed by atoms with Crippen LogP contribution in [0.3, 0.4) is 0 Å². The van der Waals surface area contributed by atoms with E-state index in [1.165, 1.54) is 5.57 Å². The standard InChI is InChI=1S/C14H18N2O/c1-12-6-5-9-16(11-12)14(17)15-10-13-7-3-2-4-8-13/h2-4,6-8H,5,9-11H2,1H3,(H,15,17). The molecule has 0 radical (unpaired) electrons. The monoisotopic (exact) mass is 230 g/mol. The summed E-state index contributed by atoms with van der Waals surface area (Å²) in [7, 11) is 0. The van der Waals surface area contributed by atoms with Gasteiger partial charge in [0.1, 0.15) is 0 Å². The van der Waals surface area contributed by atoms with Crippen molar-refractivity contribution in [1.29, 1.82) is 0 Å². The van der Waals surface area contributed by atoms with Crippen molar-refractivity contribution >= 4 is 6.03 Å². The van der Waals surface area contributed by atoms with Gasteiger partial charge in [-0.3, -0.25) is 0 Å². The summed E-state index contributed by atoms with van der Waals surface area (Å²) in [5.74, 6) is 0. The first-order valence-electron chi connectivity index (χ1n) is 5.98. The fourth-order valence-corrected chi connectivity index (χ4v) is 1.97. The second-order valence-corrected chi connectivity index (χ2v) is 4.41. The summed E-state index contributed by atoms with van der Waals surface area (Å²) in [6.45, 7) is 4.23. The molecule has 17 heavy (non-hydrogen) atoms. The van der Waals surface area contributed by atoms with E-state index in [9.17, 15) is 4.79 Å². The van der Waals surface area contributed by atoms with Gasteiger partial charge in [-0.15, -0.1) is 0 Å². The molecular formula is C14H18N2O. The molecule has 0 bridgehead atoms. The Morgan fingerprint density at radius 2 is 2.12 bits per heavy atom. The maximum absolute atomic E-state index is 11.9. The highest BCUT2D eigenvalue weighted by Crippen LogP contribution is 2.08. The van der Waals surface area contributed by atoms with Gasteiger partial charge in [0.05, 0.1) is 0 Å². The lowest BCUT2D eigenvalue weighted by Crippen LogP contribution is -2.42. The fraction of sp³-hybridized carbons (Fsp3) is 0.357. The lowest BCUT2D eigenvalue weighted by molar-refractivity contribution is 0.200. The third-order valence-corrected chi connectivity index (χ3v) is 2.91. The molecule has 0 fully saturated rings. The van der Waals surface area contributed by atoms with E-state index in [1.807, 2.05) is 35.2 Å². The summed E-state index contributed by atoms with van der Waals surface area (Å²) in [4.78, 5) is 13.8. The summed E-state index contributed by atoms with van der Waals surface area (Å²) < 4.78 is 0. The first kappa shape index (κ1) is 11.7. The van der Waals surface area contributed by atoms with Gasteiger partial charge < -0.3 is 10.2 Å². The van der Waals surface area contributed by atoms with Gasteiger partial charge in [0.2, 0.25) is 0 Å². The molecule has 1 aromatic rings. The van der Waals surface area contributed by atoms with Crippen molar-refractivity contribution in [3.05, 3.63) is 47.5 Å². The summed E-state index contributed by atoms with van der Waals surface area (Å²) in [5, 5.41) is 2.95. The Kier molecular flexibility index (Phi) is 3.81. The minimum Gasteiger partial charge on any atom is -0.334 e. The Balaban J connectivity index is 1.84. The molecule has 0 aliphatic carbocycles. The second-order valence-electron chi connectivity index (χ2n) is 4.41. The lowest BCUT2D eigenvalue weighted by Gasteiger charge is -2.26. The number of nitrogens with zero attached hydrogens (tertiary/aromatic N) is 1. The van der Waals surface area contributed by atoms with Crippen LogP contribution in [0.1, 0.15) is 18.9 Å². The van der Waals surface area contributed by atoms with Crippen molar-refractivity contribution in [3.8, 4) is 0 Å². The molecule has 1 aliphatic heterocycles. The molecule has 0 spiro atoms. The van der Waals surface area contributed by atoms with Crippen LogP contribution in [-0.2, 0) is 6.54 Å². The molecule has 0 saturated heterocycles. The minimum absolute atomic E-state index is 0.0290. The summed E-state index contributed by atoms with van der Waals surface area (Å²) >= 11 is 0. The molecule has 1 aliphatic rings. The minimum atomic E-state index is 0.0290. The zero-order chi connectivity index (χ0) is 12.1. The molecule has 0 atom stereocenters. The predicted molar refractivity (Wildman–Crippen MR) is 68.6 cm³/mol. The van der Waals surface area contributed by atoms with Crippen LogP contribution in [0.5, 0.6) is 0 Å². The Hall–Kier alpha value is -1.77. The molecule has 3 nitrogen and oxygen atoms in total. The molecule has 1 heterocycles. The summed E-state index contributed by atoms with van der Waals surface area (Å²) in [6, 6.07) is 10.00. The Morgan fingerprint density at radius 1 is 1.35 bits per heavy atom. The van der Waals surface area contributed by atoms with Gasteiger partial charge in [0, 0.05) is 19.6 Å². The van der Waals surface area contributed by atoms with Crippen LogP contribution in [0, 0.1) is 0 Å². The molecule has 2 amide bonds. The molecule has 90 valence electrons. The highest BCUT2D eigenvalue weighted by molar-refractivity contribution is 5.74. The number of hydrogen-bond donors (Lipinski definition) is 1. The Morgan fingerprint density at radius 3 is 2.82 bits per heavy atom. The van der Waals surface area contributed by atoms with Crippen molar-refractivity contribution in [2.45, 2.75) is 19.9 Å². The van der Waals surface area contributed by atoms with E-state index in [4.69, 9.17) is 0 Å². The van der Waals surface area contributed by atoms with Gasteiger partial charge in [-0.1, -0.05) is 42.0 Å². The smallest absolute Gasteiger partial charge is 0.317 e. The SMILES string of the molecule is CC1=CCCN(C(=O)NCc2ccccc2)C1. The van der Waals surface area contributed by atoms with Crippen LogP contribution in [0.4, 0.5) is 4.79 Å². The fourth-order valence-electron chi connectivity index (χ4n) is 1.97. The van der Waals surface area contributed by atoms with Gasteiger partial charge in [-0.05, 0) is 18.9 Å². The van der Waals surface area contributed by atoms with E-state index in [0.717, 1.165) is 25.1 Å². The first-order chi connectivity index (χ1) is 8.25. The van der Waals surface area contributed by atoms with E-state index in [1.54, 1.807) is 0 Å². The van der Waals surface area contributed by atoms with Crippen LogP contribution in [-0.4, -0.2) is 24.0 Å². The third kappa shape index (κ3) is 3.34. The predicted octanol–water partition coefficient (Wildman–Crippen LogP) is 2.55. The molecule has 1 aromatic carbocycles. The summed E-state index contributed by atoms with van der Waals surface area (Å²) in [6.07, 6.45) is 3.16. The van der Waals surface area contributed by atoms with E-state index in [0.29, 0.717) is 6.54 Å². The van der Waals surface area contributed by atoms with Gasteiger partial charge >= 0.3 is 6.03 Å². The quantitative estimate of drug-likeness (QED) is 0.778. The number of amides is 2. The number of urea groups is 1. The van der Waals surface area contributed by atoms with Crippen molar-refractivity contribution < 1.29 is 4.79 Å². The zero-order valence-electron chi connectivity index (χ0n) is 10.1. The van der Waals surface area contributed by atoms with Crippen molar-refractivity contribution in [2.75, 3.05) is 13.1 Å². The molecule has 0 saturated carbocycles. The van der Waals surface area contributed by atoms with Crippen molar-refractivity contribution in [2.24, 2.45) is 0 Å². The topological polar surface area (TPSA) is 32.3 Å². The maximum atomic E-state index is 11.9. The molecule has 0 unspecified atom stereocenters. The number of benzene rings is 1. The third-order valence-electron chi connectivity index (χ3n) is 2.91. The van der Waals surface area contributed by atoms with Gasteiger partial charge in [0.25, 0.3) is 0 Å². The zero-order valence-corrected chi connectivity index (χ0v) is 10.1. The van der Waals surface area contributed by atoms with Crippen LogP contribution < -0.4 is 5.32 Å². The van der Waals surface area contributed by atoms with Crippen LogP contribution in [0.2, 0.25) is 0 Å². The average molecular weight is 230 g/mol. The number of carbonyl (C=O) groups is 1. The van der Waals surface area contributed by atoms with E-state index < -0.39 is 0 Å². The van der Waals surface area contributed by atoms with Crippen LogP contribution in [0.15, 0.2) is 42.0 Å². The van der Waals surface area contributed by atoms with E-state index in [-0.39, 0.29) is 6.03 Å². The normalized spacial score (nSPS) is 15.4. The van der Waals surface area contributed by atoms with E-state index in [2.05, 4.69) is 18.3 Å². The highest BCUT2D eigenvalue weighted by Gasteiger charge is 2.15. The maximum Gasteiger partial charge on any atom is 0.317 e. The molecular weight excluding hydrogens is 212 g/mol. The number of hydrogen-bond acceptors (Lipinski definition) is 1. The van der Waals surface area contributed by atoms with Crippen molar-refractivity contribution in [3.63, 3.8) is 0 Å². The van der Waals surface area contributed by atoms with Crippen molar-refractivity contribution in [1.82, 2.24) is 10.2 Å².